The molecule has 6 heteroatoms. The highest BCUT2D eigenvalue weighted by atomic mass is 32.1. The third-order valence-electron chi connectivity index (χ3n) is 3.75. The minimum Gasteiger partial charge on any atom is -0.323 e. The number of hydrogen-bond donors (Lipinski definition) is 2. The van der Waals surface area contributed by atoms with Crippen LogP contribution in [0.2, 0.25) is 0 Å². The highest BCUT2D eigenvalue weighted by Gasteiger charge is 2.40. The molecular weight excluding hydrogens is 312 g/mol. The fourth-order valence-electron chi connectivity index (χ4n) is 2.49. The lowest BCUT2D eigenvalue weighted by Gasteiger charge is -2.22. The molecule has 1 unspecified atom stereocenters. The lowest BCUT2D eigenvalue weighted by atomic mass is 10.1. The lowest BCUT2D eigenvalue weighted by molar-refractivity contribution is -0.119. The topological polar surface area (TPSA) is 66.5 Å². The molecule has 2 aromatic rings. The molecule has 23 heavy (non-hydrogen) atoms. The van der Waals surface area contributed by atoms with Gasteiger partial charge in [0.25, 0.3) is 11.8 Å². The number of rotatable bonds is 3. The van der Waals surface area contributed by atoms with Crippen LogP contribution in [0, 0.1) is 0 Å². The van der Waals surface area contributed by atoms with E-state index < -0.39 is 23.8 Å². The van der Waals surface area contributed by atoms with Crippen LogP contribution < -0.4 is 5.32 Å². The van der Waals surface area contributed by atoms with Crippen molar-refractivity contribution in [2.45, 2.75) is 17.9 Å². The van der Waals surface area contributed by atoms with Crippen molar-refractivity contribution >= 4 is 36.0 Å². The Bertz CT molecular complexity index is 784. The fraction of sp³-hybridized carbons (Fsp3) is 0.118. The molecule has 0 aromatic heterocycles. The second kappa shape index (κ2) is 5.89. The summed E-state index contributed by atoms with van der Waals surface area (Å²) < 4.78 is 0. The highest BCUT2D eigenvalue weighted by molar-refractivity contribution is 7.80. The molecule has 2 aromatic carbocycles. The van der Waals surface area contributed by atoms with E-state index in [9.17, 15) is 14.4 Å². The number of benzene rings is 2. The first-order valence-electron chi connectivity index (χ1n) is 7.06. The van der Waals surface area contributed by atoms with E-state index in [-0.39, 0.29) is 0 Å². The van der Waals surface area contributed by atoms with Gasteiger partial charge in [-0.15, -0.1) is 12.6 Å². The smallest absolute Gasteiger partial charge is 0.262 e. The number of amides is 3. The van der Waals surface area contributed by atoms with Crippen molar-refractivity contribution in [3.63, 3.8) is 0 Å². The van der Waals surface area contributed by atoms with Crippen molar-refractivity contribution in [1.29, 1.82) is 0 Å². The summed E-state index contributed by atoms with van der Waals surface area (Å²) in [6, 6.07) is 12.6. The maximum Gasteiger partial charge on any atom is 0.262 e. The number of hydrogen-bond acceptors (Lipinski definition) is 4. The van der Waals surface area contributed by atoms with Crippen LogP contribution in [0.25, 0.3) is 0 Å². The van der Waals surface area contributed by atoms with Crippen molar-refractivity contribution < 1.29 is 14.4 Å². The second-order valence-corrected chi connectivity index (χ2v) is 5.69. The minimum absolute atomic E-state index is 0.326. The summed E-state index contributed by atoms with van der Waals surface area (Å²) in [5, 5.41) is 2.69. The van der Waals surface area contributed by atoms with Crippen LogP contribution in [0.1, 0.15) is 27.6 Å². The van der Waals surface area contributed by atoms with Crippen LogP contribution in [-0.4, -0.2) is 28.7 Å². The van der Waals surface area contributed by atoms with Crippen molar-refractivity contribution in [1.82, 2.24) is 4.90 Å². The van der Waals surface area contributed by atoms with E-state index in [4.69, 9.17) is 0 Å². The normalized spacial score (nSPS) is 14.6. The van der Waals surface area contributed by atoms with Crippen molar-refractivity contribution in [2.75, 3.05) is 5.32 Å². The monoisotopic (exact) mass is 326 g/mol. The van der Waals surface area contributed by atoms with Gasteiger partial charge in [-0.3, -0.25) is 19.3 Å². The number of anilines is 1. The van der Waals surface area contributed by atoms with Crippen molar-refractivity contribution in [3.05, 3.63) is 59.7 Å². The molecule has 3 amide bonds. The van der Waals surface area contributed by atoms with Crippen LogP contribution in [0.3, 0.4) is 0 Å². The molecule has 5 nitrogen and oxygen atoms in total. The fourth-order valence-corrected chi connectivity index (χ4v) is 2.71. The molecule has 0 saturated heterocycles. The molecule has 116 valence electrons. The number of carbonyl (C=O) groups is 3. The Morgan fingerprint density at radius 2 is 1.52 bits per heavy atom. The first-order chi connectivity index (χ1) is 11.0. The number of nitrogens with zero attached hydrogens (tertiary/aromatic N) is 1. The standard InChI is InChI=1S/C17H14N2O3S/c1-10(15(20)18-13-8-4-5-9-14(13)23)19-16(21)11-6-2-3-7-12(11)17(19)22/h2-10,23H,1H3,(H,18,20). The largest absolute Gasteiger partial charge is 0.323 e. The zero-order valence-corrected chi connectivity index (χ0v) is 13.2. The molecule has 1 heterocycles. The Morgan fingerprint density at radius 1 is 1.00 bits per heavy atom. The Hall–Kier alpha value is -2.60. The molecule has 0 spiro atoms. The Kier molecular flexibility index (Phi) is 3.92. The van der Waals surface area contributed by atoms with Gasteiger partial charge in [-0.05, 0) is 31.2 Å². The van der Waals surface area contributed by atoms with E-state index in [1.54, 1.807) is 48.5 Å². The Morgan fingerprint density at radius 3 is 2.09 bits per heavy atom. The molecular formula is C17H14N2O3S. The Balaban J connectivity index is 1.83. The minimum atomic E-state index is -0.921. The van der Waals surface area contributed by atoms with Crippen LogP contribution in [0.4, 0.5) is 5.69 Å². The average molecular weight is 326 g/mol. The van der Waals surface area contributed by atoms with Gasteiger partial charge in [-0.2, -0.15) is 0 Å². The van der Waals surface area contributed by atoms with Crippen LogP contribution in [0.5, 0.6) is 0 Å². The second-order valence-electron chi connectivity index (χ2n) is 5.21. The molecule has 0 fully saturated rings. The zero-order chi connectivity index (χ0) is 16.6. The van der Waals surface area contributed by atoms with E-state index in [0.717, 1.165) is 4.90 Å². The van der Waals surface area contributed by atoms with Gasteiger partial charge in [-0.1, -0.05) is 24.3 Å². The van der Waals surface area contributed by atoms with Gasteiger partial charge in [0.1, 0.15) is 6.04 Å². The van der Waals surface area contributed by atoms with Crippen LogP contribution in [0.15, 0.2) is 53.4 Å². The van der Waals surface area contributed by atoms with E-state index in [0.29, 0.717) is 21.7 Å². The first kappa shape index (κ1) is 15.3. The van der Waals surface area contributed by atoms with Gasteiger partial charge >= 0.3 is 0 Å². The summed E-state index contributed by atoms with van der Waals surface area (Å²) in [5.41, 5.74) is 1.18. The summed E-state index contributed by atoms with van der Waals surface area (Å²) >= 11 is 4.26. The molecule has 1 N–H and O–H groups in total. The molecule has 0 radical (unpaired) electrons. The van der Waals surface area contributed by atoms with E-state index in [2.05, 4.69) is 17.9 Å². The molecule has 1 atom stereocenters. The molecule has 1 aliphatic heterocycles. The number of thiol groups is 1. The predicted octanol–water partition coefficient (Wildman–Crippen LogP) is 2.60. The molecule has 0 bridgehead atoms. The van der Waals surface area contributed by atoms with Crippen molar-refractivity contribution in [3.8, 4) is 0 Å². The third kappa shape index (κ3) is 2.61. The number of nitrogens with one attached hydrogen (secondary N) is 1. The summed E-state index contributed by atoms with van der Waals surface area (Å²) in [5.74, 6) is -1.35. The lowest BCUT2D eigenvalue weighted by Crippen LogP contribution is -2.45. The number of carbonyl (C=O) groups excluding carboxylic acids is 3. The maximum absolute atomic E-state index is 12.4. The van der Waals surface area contributed by atoms with Crippen LogP contribution >= 0.6 is 12.6 Å². The highest BCUT2D eigenvalue weighted by Crippen LogP contribution is 2.25. The van der Waals surface area contributed by atoms with Crippen LogP contribution in [-0.2, 0) is 4.79 Å². The number of para-hydroxylation sites is 1. The van der Waals surface area contributed by atoms with Gasteiger partial charge in [0.2, 0.25) is 5.91 Å². The van der Waals surface area contributed by atoms with Gasteiger partial charge in [0.05, 0.1) is 16.8 Å². The predicted molar refractivity (Wildman–Crippen MR) is 88.7 cm³/mol. The molecule has 3 rings (SSSR count). The molecule has 0 aliphatic carbocycles. The van der Waals surface area contributed by atoms with E-state index in [1.165, 1.54) is 6.92 Å². The first-order valence-corrected chi connectivity index (χ1v) is 7.51. The van der Waals surface area contributed by atoms with Gasteiger partial charge in [-0.25, -0.2) is 0 Å². The van der Waals surface area contributed by atoms with E-state index in [1.807, 2.05) is 0 Å². The van der Waals surface area contributed by atoms with E-state index >= 15 is 0 Å². The summed E-state index contributed by atoms with van der Waals surface area (Å²) in [6.45, 7) is 1.53. The molecule has 1 aliphatic rings. The summed E-state index contributed by atoms with van der Waals surface area (Å²) in [6.07, 6.45) is 0. The van der Waals surface area contributed by atoms with Gasteiger partial charge in [0, 0.05) is 4.90 Å². The third-order valence-corrected chi connectivity index (χ3v) is 4.14. The number of fused-ring (bicyclic) bond motifs is 1. The zero-order valence-electron chi connectivity index (χ0n) is 12.3. The van der Waals surface area contributed by atoms with Gasteiger partial charge < -0.3 is 5.32 Å². The number of imide groups is 1. The molecule has 0 saturated carbocycles. The quantitative estimate of drug-likeness (QED) is 0.673. The van der Waals surface area contributed by atoms with Gasteiger partial charge in [0.15, 0.2) is 0 Å². The SMILES string of the molecule is CC(C(=O)Nc1ccccc1S)N1C(=O)c2ccccc2C1=O. The summed E-state index contributed by atoms with van der Waals surface area (Å²) in [4.78, 5) is 38.8. The summed E-state index contributed by atoms with van der Waals surface area (Å²) in [7, 11) is 0. The van der Waals surface area contributed by atoms with Crippen molar-refractivity contribution in [2.24, 2.45) is 0 Å². The Labute approximate surface area is 138 Å². The maximum atomic E-state index is 12.4. The average Bonchev–Trinajstić information content (AvgIpc) is 2.81.